The summed E-state index contributed by atoms with van der Waals surface area (Å²) in [6.07, 6.45) is 2.21. The molecule has 156 valence electrons. The summed E-state index contributed by atoms with van der Waals surface area (Å²) in [5.41, 5.74) is 5.89. The number of aromatic nitrogens is 2. The normalized spacial score (nSPS) is 10.7. The average molecular weight is 462 g/mol. The first-order valence-electron chi connectivity index (χ1n) is 9.11. The molecule has 2 heterocycles. The van der Waals surface area contributed by atoms with Crippen molar-refractivity contribution in [1.82, 2.24) is 9.38 Å². The predicted octanol–water partition coefficient (Wildman–Crippen LogP) is 5.94. The Morgan fingerprint density at radius 1 is 1.20 bits per heavy atom. The lowest BCUT2D eigenvalue weighted by molar-refractivity contribution is -0.115. The van der Waals surface area contributed by atoms with Crippen molar-refractivity contribution in [3.8, 4) is 17.0 Å². The van der Waals surface area contributed by atoms with Crippen LogP contribution in [0, 0.1) is 13.8 Å². The number of rotatable bonds is 5. The van der Waals surface area contributed by atoms with Crippen LogP contribution in [0.2, 0.25) is 5.02 Å². The van der Waals surface area contributed by atoms with Crippen LogP contribution in [0.4, 0.5) is 5.69 Å². The fourth-order valence-corrected chi connectivity index (χ4v) is 4.18. The van der Waals surface area contributed by atoms with Gasteiger partial charge in [0.2, 0.25) is 5.91 Å². The molecule has 4 rings (SSSR count). The summed E-state index contributed by atoms with van der Waals surface area (Å²) in [4.78, 5) is 18.2. The highest BCUT2D eigenvalue weighted by Crippen LogP contribution is 2.29. The summed E-state index contributed by atoms with van der Waals surface area (Å²) in [5.74, 6) is 0.421. The third-order valence-corrected chi connectivity index (χ3v) is 5.99. The standard InChI is InChI=1S/C22H20ClN3O2S.ClH/c1-13-4-5-15(8-14(13)2)19-11-26-17(12-29-22(26)25-19)10-21(27)24-18-9-16(23)6-7-20(18)28-3;/h4-9,11-12H,10H2,1-3H3,(H,24,27);1H. The van der Waals surface area contributed by atoms with Crippen LogP contribution in [0.25, 0.3) is 16.2 Å². The summed E-state index contributed by atoms with van der Waals surface area (Å²) in [6, 6.07) is 11.4. The van der Waals surface area contributed by atoms with E-state index in [0.717, 1.165) is 21.9 Å². The van der Waals surface area contributed by atoms with Gasteiger partial charge in [-0.15, -0.1) is 23.7 Å². The van der Waals surface area contributed by atoms with Crippen LogP contribution in [0.3, 0.4) is 0 Å². The lowest BCUT2D eigenvalue weighted by Crippen LogP contribution is -2.15. The molecule has 1 amide bonds. The Morgan fingerprint density at radius 2 is 2.00 bits per heavy atom. The van der Waals surface area contributed by atoms with Crippen molar-refractivity contribution in [2.45, 2.75) is 20.3 Å². The minimum Gasteiger partial charge on any atom is -0.495 e. The minimum atomic E-state index is -0.147. The van der Waals surface area contributed by atoms with Crippen LogP contribution >= 0.6 is 35.3 Å². The molecular weight excluding hydrogens is 441 g/mol. The zero-order valence-electron chi connectivity index (χ0n) is 16.7. The highest BCUT2D eigenvalue weighted by Gasteiger charge is 2.14. The number of nitrogens with one attached hydrogen (secondary N) is 1. The van der Waals surface area contributed by atoms with E-state index < -0.39 is 0 Å². The van der Waals surface area contributed by atoms with Crippen molar-refractivity contribution < 1.29 is 9.53 Å². The molecule has 2 aromatic heterocycles. The minimum absolute atomic E-state index is 0. The molecule has 2 aromatic carbocycles. The van der Waals surface area contributed by atoms with Gasteiger partial charge in [-0.3, -0.25) is 9.20 Å². The summed E-state index contributed by atoms with van der Waals surface area (Å²) < 4.78 is 7.27. The molecule has 5 nitrogen and oxygen atoms in total. The summed E-state index contributed by atoms with van der Waals surface area (Å²) in [7, 11) is 1.56. The van der Waals surface area contributed by atoms with Crippen LogP contribution in [-0.2, 0) is 11.2 Å². The van der Waals surface area contributed by atoms with E-state index in [9.17, 15) is 4.79 Å². The number of halogens is 2. The second-order valence-corrected chi connectivity index (χ2v) is 8.15. The van der Waals surface area contributed by atoms with Crippen LogP contribution in [-0.4, -0.2) is 22.4 Å². The number of methoxy groups -OCH3 is 1. The highest BCUT2D eigenvalue weighted by atomic mass is 35.5. The van der Waals surface area contributed by atoms with Gasteiger partial charge in [-0.1, -0.05) is 23.7 Å². The topological polar surface area (TPSA) is 55.6 Å². The molecule has 0 aliphatic heterocycles. The van der Waals surface area contributed by atoms with Gasteiger partial charge in [0.05, 0.1) is 24.9 Å². The van der Waals surface area contributed by atoms with Gasteiger partial charge in [0.1, 0.15) is 5.75 Å². The van der Waals surface area contributed by atoms with E-state index in [1.165, 1.54) is 22.5 Å². The largest absolute Gasteiger partial charge is 0.495 e. The molecule has 0 radical (unpaired) electrons. The summed E-state index contributed by atoms with van der Waals surface area (Å²) in [5, 5.41) is 5.37. The molecule has 4 aromatic rings. The monoisotopic (exact) mass is 461 g/mol. The molecule has 30 heavy (non-hydrogen) atoms. The van der Waals surface area contributed by atoms with Crippen LogP contribution < -0.4 is 10.1 Å². The third kappa shape index (κ3) is 4.46. The van der Waals surface area contributed by atoms with Gasteiger partial charge in [0.15, 0.2) is 4.96 Å². The Bertz CT molecular complexity index is 1220. The summed E-state index contributed by atoms with van der Waals surface area (Å²) >= 11 is 7.56. The first-order valence-corrected chi connectivity index (χ1v) is 10.4. The van der Waals surface area contributed by atoms with E-state index in [0.29, 0.717) is 16.5 Å². The number of aryl methyl sites for hydroxylation is 2. The zero-order chi connectivity index (χ0) is 20.5. The highest BCUT2D eigenvalue weighted by molar-refractivity contribution is 7.15. The number of carbonyl (C=O) groups excluding carboxylic acids is 1. The molecule has 0 atom stereocenters. The van der Waals surface area contributed by atoms with Gasteiger partial charge in [0.25, 0.3) is 0 Å². The molecule has 0 saturated heterocycles. The number of thiazole rings is 1. The fourth-order valence-electron chi connectivity index (χ4n) is 3.13. The quantitative estimate of drug-likeness (QED) is 0.399. The van der Waals surface area contributed by atoms with E-state index in [1.807, 2.05) is 16.0 Å². The number of carbonyl (C=O) groups is 1. The first kappa shape index (κ1) is 22.2. The van der Waals surface area contributed by atoms with Crippen LogP contribution in [0.15, 0.2) is 48.0 Å². The SMILES string of the molecule is COc1ccc(Cl)cc1NC(=O)Cc1csc2nc(-c3ccc(C)c(C)c3)cn12.Cl. The second-order valence-electron chi connectivity index (χ2n) is 6.87. The van der Waals surface area contributed by atoms with Crippen molar-refractivity contribution in [2.24, 2.45) is 0 Å². The van der Waals surface area contributed by atoms with E-state index in [4.69, 9.17) is 21.3 Å². The molecule has 0 saturated carbocycles. The van der Waals surface area contributed by atoms with E-state index in [2.05, 4.69) is 37.4 Å². The molecule has 8 heteroatoms. The number of hydrogen-bond donors (Lipinski definition) is 1. The van der Waals surface area contributed by atoms with Crippen LogP contribution in [0.1, 0.15) is 16.8 Å². The Kier molecular flexibility index (Phi) is 6.71. The smallest absolute Gasteiger partial charge is 0.230 e. The Hall–Kier alpha value is -2.54. The Morgan fingerprint density at radius 3 is 2.73 bits per heavy atom. The lowest BCUT2D eigenvalue weighted by Gasteiger charge is -2.10. The van der Waals surface area contributed by atoms with Crippen molar-refractivity contribution in [2.75, 3.05) is 12.4 Å². The van der Waals surface area contributed by atoms with Gasteiger partial charge in [0, 0.05) is 27.9 Å². The zero-order valence-corrected chi connectivity index (χ0v) is 19.1. The average Bonchev–Trinajstić information content (AvgIpc) is 3.26. The fraction of sp³-hybridized carbons (Fsp3) is 0.182. The van der Waals surface area contributed by atoms with Crippen molar-refractivity contribution >= 4 is 51.9 Å². The summed E-state index contributed by atoms with van der Waals surface area (Å²) in [6.45, 7) is 4.19. The van der Waals surface area contributed by atoms with Gasteiger partial charge in [-0.25, -0.2) is 4.98 Å². The Labute approximate surface area is 190 Å². The van der Waals surface area contributed by atoms with E-state index >= 15 is 0 Å². The van der Waals surface area contributed by atoms with Crippen molar-refractivity contribution in [3.05, 3.63) is 69.8 Å². The molecule has 1 N–H and O–H groups in total. The molecule has 0 aliphatic rings. The predicted molar refractivity (Wildman–Crippen MR) is 126 cm³/mol. The number of amides is 1. The van der Waals surface area contributed by atoms with Gasteiger partial charge >= 0.3 is 0 Å². The van der Waals surface area contributed by atoms with E-state index in [-0.39, 0.29) is 24.7 Å². The maximum Gasteiger partial charge on any atom is 0.230 e. The number of fused-ring (bicyclic) bond motifs is 1. The number of ether oxygens (including phenoxy) is 1. The van der Waals surface area contributed by atoms with Crippen molar-refractivity contribution in [3.63, 3.8) is 0 Å². The number of imidazole rings is 1. The number of benzene rings is 2. The Balaban J connectivity index is 0.00000256. The first-order chi connectivity index (χ1) is 13.9. The molecule has 0 unspecified atom stereocenters. The van der Waals surface area contributed by atoms with Gasteiger partial charge < -0.3 is 10.1 Å². The van der Waals surface area contributed by atoms with Crippen LogP contribution in [0.5, 0.6) is 5.75 Å². The molecule has 0 aliphatic carbocycles. The molecular formula is C22H21Cl2N3O2S. The second kappa shape index (κ2) is 9.08. The lowest BCUT2D eigenvalue weighted by atomic mass is 10.0. The number of nitrogens with zero attached hydrogens (tertiary/aromatic N) is 2. The number of anilines is 1. The maximum atomic E-state index is 12.6. The molecule has 0 spiro atoms. The van der Waals surface area contributed by atoms with Crippen molar-refractivity contribution in [1.29, 1.82) is 0 Å². The van der Waals surface area contributed by atoms with Gasteiger partial charge in [-0.2, -0.15) is 0 Å². The third-order valence-electron chi connectivity index (χ3n) is 4.86. The molecule has 0 fully saturated rings. The number of hydrogen-bond acceptors (Lipinski definition) is 4. The van der Waals surface area contributed by atoms with E-state index in [1.54, 1.807) is 25.3 Å². The van der Waals surface area contributed by atoms with Gasteiger partial charge in [-0.05, 0) is 49.2 Å². The maximum absolute atomic E-state index is 12.6. The molecule has 0 bridgehead atoms.